The molecule has 0 atom stereocenters. The van der Waals surface area contributed by atoms with Gasteiger partial charge in [0.2, 0.25) is 0 Å². The highest BCUT2D eigenvalue weighted by Crippen LogP contribution is 2.31. The summed E-state index contributed by atoms with van der Waals surface area (Å²) in [7, 11) is 1.53. The lowest BCUT2D eigenvalue weighted by atomic mass is 10.2. The maximum Gasteiger partial charge on any atom is 0.256 e. The third-order valence-corrected chi connectivity index (χ3v) is 4.07. The fourth-order valence-electron chi connectivity index (χ4n) is 1.66. The van der Waals surface area contributed by atoms with E-state index in [2.05, 4.69) is 21.2 Å². The maximum atomic E-state index is 12.3. The molecule has 0 aliphatic carbocycles. The summed E-state index contributed by atoms with van der Waals surface area (Å²) in [5.74, 6) is 0.259. The predicted octanol–water partition coefficient (Wildman–Crippen LogP) is 4.60. The van der Waals surface area contributed by atoms with E-state index < -0.39 is 0 Å². The summed E-state index contributed by atoms with van der Waals surface area (Å²) in [5.41, 5.74) is 6.82. The molecular weight excluding hydrogens is 379 g/mol. The summed E-state index contributed by atoms with van der Waals surface area (Å²) in [4.78, 5) is 12.3. The number of anilines is 2. The van der Waals surface area contributed by atoms with Crippen LogP contribution in [0.25, 0.3) is 0 Å². The molecule has 0 aliphatic rings. The summed E-state index contributed by atoms with van der Waals surface area (Å²) in [6, 6.07) is 8.18. The standard InChI is InChI=1S/C14H11BrCl2N2O2/c1-21-8-2-3-10(15)9(6-8)14(20)19-7-4-11(16)13(18)12(17)5-7/h2-6H,18H2,1H3,(H,19,20). The molecule has 2 aromatic rings. The molecule has 0 aliphatic heterocycles. The van der Waals surface area contributed by atoms with E-state index in [4.69, 9.17) is 33.7 Å². The molecule has 110 valence electrons. The Morgan fingerprint density at radius 3 is 2.43 bits per heavy atom. The van der Waals surface area contributed by atoms with E-state index in [-0.39, 0.29) is 21.6 Å². The first kappa shape index (κ1) is 15.9. The van der Waals surface area contributed by atoms with Crippen LogP contribution in [0.5, 0.6) is 5.75 Å². The maximum absolute atomic E-state index is 12.3. The Morgan fingerprint density at radius 2 is 1.86 bits per heavy atom. The van der Waals surface area contributed by atoms with Gasteiger partial charge in [-0.15, -0.1) is 0 Å². The van der Waals surface area contributed by atoms with E-state index in [1.165, 1.54) is 19.2 Å². The Bertz CT molecular complexity index is 684. The second-order valence-electron chi connectivity index (χ2n) is 4.15. The van der Waals surface area contributed by atoms with Crippen molar-refractivity contribution in [2.24, 2.45) is 0 Å². The zero-order valence-electron chi connectivity index (χ0n) is 10.9. The van der Waals surface area contributed by atoms with Crippen LogP contribution < -0.4 is 15.8 Å². The highest BCUT2D eigenvalue weighted by molar-refractivity contribution is 9.10. The number of nitrogens with one attached hydrogen (secondary N) is 1. The fraction of sp³-hybridized carbons (Fsp3) is 0.0714. The summed E-state index contributed by atoms with van der Waals surface area (Å²) < 4.78 is 5.75. The summed E-state index contributed by atoms with van der Waals surface area (Å²) in [6.07, 6.45) is 0. The monoisotopic (exact) mass is 388 g/mol. The molecule has 0 spiro atoms. The molecule has 4 nitrogen and oxygen atoms in total. The van der Waals surface area contributed by atoms with Crippen molar-refractivity contribution in [2.75, 3.05) is 18.2 Å². The van der Waals surface area contributed by atoms with Crippen LogP contribution in [0.1, 0.15) is 10.4 Å². The van der Waals surface area contributed by atoms with Crippen LogP contribution in [0.3, 0.4) is 0 Å². The number of amides is 1. The average molecular weight is 390 g/mol. The van der Waals surface area contributed by atoms with Crippen LogP contribution in [0.4, 0.5) is 11.4 Å². The van der Waals surface area contributed by atoms with Crippen LogP contribution in [-0.2, 0) is 0 Å². The van der Waals surface area contributed by atoms with Crippen LogP contribution >= 0.6 is 39.1 Å². The molecule has 1 amide bonds. The van der Waals surface area contributed by atoms with E-state index in [0.717, 1.165) is 0 Å². The molecule has 0 aromatic heterocycles. The van der Waals surface area contributed by atoms with Crippen molar-refractivity contribution in [3.63, 3.8) is 0 Å². The molecule has 0 radical (unpaired) electrons. The molecule has 3 N–H and O–H groups in total. The lowest BCUT2D eigenvalue weighted by molar-refractivity contribution is 0.102. The van der Waals surface area contributed by atoms with Gasteiger partial charge < -0.3 is 15.8 Å². The van der Waals surface area contributed by atoms with Crippen molar-refractivity contribution in [1.82, 2.24) is 0 Å². The van der Waals surface area contributed by atoms with Gasteiger partial charge in [0.1, 0.15) is 5.75 Å². The summed E-state index contributed by atoms with van der Waals surface area (Å²) in [6.45, 7) is 0. The predicted molar refractivity (Wildman–Crippen MR) is 89.5 cm³/mol. The van der Waals surface area contributed by atoms with Crippen molar-refractivity contribution >= 4 is 56.4 Å². The molecule has 0 heterocycles. The molecular formula is C14H11BrCl2N2O2. The van der Waals surface area contributed by atoms with Gasteiger partial charge in [-0.2, -0.15) is 0 Å². The Hall–Kier alpha value is -1.43. The number of hydrogen-bond donors (Lipinski definition) is 2. The van der Waals surface area contributed by atoms with Gasteiger partial charge in [0, 0.05) is 10.2 Å². The quantitative estimate of drug-likeness (QED) is 0.754. The first-order chi connectivity index (χ1) is 9.92. The molecule has 0 saturated heterocycles. The summed E-state index contributed by atoms with van der Waals surface area (Å²) in [5, 5.41) is 3.27. The number of halogens is 3. The van der Waals surface area contributed by atoms with Gasteiger partial charge in [0.15, 0.2) is 0 Å². The Kier molecular flexibility index (Phi) is 4.98. The minimum atomic E-state index is -0.322. The van der Waals surface area contributed by atoms with Crippen LogP contribution in [0.2, 0.25) is 10.0 Å². The Balaban J connectivity index is 2.30. The zero-order valence-corrected chi connectivity index (χ0v) is 14.0. The average Bonchev–Trinajstić information content (AvgIpc) is 2.45. The number of ether oxygens (including phenoxy) is 1. The second kappa shape index (κ2) is 6.56. The third kappa shape index (κ3) is 3.61. The number of carbonyl (C=O) groups is 1. The molecule has 7 heteroatoms. The Labute approximate surface area is 140 Å². The van der Waals surface area contributed by atoms with Gasteiger partial charge in [0.25, 0.3) is 5.91 Å². The first-order valence-electron chi connectivity index (χ1n) is 5.81. The molecule has 2 aromatic carbocycles. The normalized spacial score (nSPS) is 10.3. The van der Waals surface area contributed by atoms with E-state index in [0.29, 0.717) is 21.5 Å². The molecule has 2 rings (SSSR count). The number of nitrogens with two attached hydrogens (primary N) is 1. The van der Waals surface area contributed by atoms with Crippen molar-refractivity contribution in [3.05, 3.63) is 50.4 Å². The Morgan fingerprint density at radius 1 is 1.24 bits per heavy atom. The smallest absolute Gasteiger partial charge is 0.256 e. The minimum absolute atomic E-state index is 0.277. The summed E-state index contributed by atoms with van der Waals surface area (Å²) >= 11 is 15.2. The van der Waals surface area contributed by atoms with Gasteiger partial charge in [0.05, 0.1) is 28.4 Å². The van der Waals surface area contributed by atoms with Gasteiger partial charge in [-0.25, -0.2) is 0 Å². The topological polar surface area (TPSA) is 64.3 Å². The third-order valence-electron chi connectivity index (χ3n) is 2.76. The van der Waals surface area contributed by atoms with Crippen molar-refractivity contribution in [2.45, 2.75) is 0 Å². The lowest BCUT2D eigenvalue weighted by Gasteiger charge is -2.10. The number of hydrogen-bond acceptors (Lipinski definition) is 3. The van der Waals surface area contributed by atoms with Crippen molar-refractivity contribution < 1.29 is 9.53 Å². The van der Waals surface area contributed by atoms with Gasteiger partial charge in [-0.1, -0.05) is 23.2 Å². The van der Waals surface area contributed by atoms with E-state index >= 15 is 0 Å². The number of nitrogen functional groups attached to an aromatic ring is 1. The molecule has 21 heavy (non-hydrogen) atoms. The second-order valence-corrected chi connectivity index (χ2v) is 5.82. The number of benzene rings is 2. The van der Waals surface area contributed by atoms with Crippen molar-refractivity contribution in [3.8, 4) is 5.75 Å². The van der Waals surface area contributed by atoms with Gasteiger partial charge >= 0.3 is 0 Å². The van der Waals surface area contributed by atoms with E-state index in [1.54, 1.807) is 18.2 Å². The van der Waals surface area contributed by atoms with E-state index in [9.17, 15) is 4.79 Å². The van der Waals surface area contributed by atoms with E-state index in [1.807, 2.05) is 0 Å². The largest absolute Gasteiger partial charge is 0.497 e. The molecule has 0 fully saturated rings. The molecule has 0 unspecified atom stereocenters. The van der Waals surface area contributed by atoms with Gasteiger partial charge in [-0.3, -0.25) is 4.79 Å². The number of methoxy groups -OCH3 is 1. The fourth-order valence-corrected chi connectivity index (χ4v) is 2.57. The van der Waals surface area contributed by atoms with Crippen LogP contribution in [0, 0.1) is 0 Å². The SMILES string of the molecule is COc1ccc(Br)c(C(=O)Nc2cc(Cl)c(N)c(Cl)c2)c1. The molecule has 0 saturated carbocycles. The minimum Gasteiger partial charge on any atom is -0.497 e. The molecule has 0 bridgehead atoms. The number of carbonyl (C=O) groups excluding carboxylic acids is 1. The van der Waals surface area contributed by atoms with Crippen molar-refractivity contribution in [1.29, 1.82) is 0 Å². The lowest BCUT2D eigenvalue weighted by Crippen LogP contribution is -2.13. The zero-order chi connectivity index (χ0) is 15.6. The highest BCUT2D eigenvalue weighted by Gasteiger charge is 2.13. The van der Waals surface area contributed by atoms with Crippen LogP contribution in [0.15, 0.2) is 34.8 Å². The van der Waals surface area contributed by atoms with Gasteiger partial charge in [-0.05, 0) is 46.3 Å². The number of rotatable bonds is 3. The van der Waals surface area contributed by atoms with Crippen LogP contribution in [-0.4, -0.2) is 13.0 Å². The highest BCUT2D eigenvalue weighted by atomic mass is 79.9. The first-order valence-corrected chi connectivity index (χ1v) is 7.36.